The monoisotopic (exact) mass is 151 g/mol. The van der Waals surface area contributed by atoms with Crippen molar-refractivity contribution in [2.75, 3.05) is 12.4 Å². The van der Waals surface area contributed by atoms with Crippen LogP contribution in [0.1, 0.15) is 0 Å². The minimum atomic E-state index is 0.548. The van der Waals surface area contributed by atoms with Crippen molar-refractivity contribution in [3.8, 4) is 5.75 Å². The van der Waals surface area contributed by atoms with Crippen molar-refractivity contribution in [1.29, 1.82) is 0 Å². The average molecular weight is 151 g/mol. The van der Waals surface area contributed by atoms with Gasteiger partial charge in [0.05, 0.1) is 0 Å². The Morgan fingerprint density at radius 3 is 3.18 bits per heavy atom. The van der Waals surface area contributed by atoms with E-state index in [4.69, 9.17) is 9.68 Å². The van der Waals surface area contributed by atoms with Crippen LogP contribution < -0.4 is 9.97 Å². The highest BCUT2D eigenvalue weighted by molar-refractivity contribution is 6.17. The van der Waals surface area contributed by atoms with Crippen molar-refractivity contribution < 1.29 is 9.68 Å². The van der Waals surface area contributed by atoms with Crippen molar-refractivity contribution in [2.45, 2.75) is 0 Å². The molecule has 0 unspecified atom stereocenters. The van der Waals surface area contributed by atoms with Crippen LogP contribution in [0.25, 0.3) is 0 Å². The first-order chi connectivity index (χ1) is 5.36. The van der Waals surface area contributed by atoms with Gasteiger partial charge in [0.1, 0.15) is 11.6 Å². The number of aromatic nitrogens is 1. The number of pyridine rings is 1. The van der Waals surface area contributed by atoms with Gasteiger partial charge in [0.15, 0.2) is 0 Å². The van der Waals surface area contributed by atoms with Crippen molar-refractivity contribution >= 4 is 13.5 Å². The number of rotatable bonds is 3. The van der Waals surface area contributed by atoms with E-state index in [1.165, 1.54) is 0 Å². The minimum absolute atomic E-state index is 0.548. The molecule has 11 heavy (non-hydrogen) atoms. The molecule has 0 spiro atoms. The van der Waals surface area contributed by atoms with Gasteiger partial charge in [-0.1, -0.05) is 0 Å². The number of hydrogen-bond acceptors (Lipinski definition) is 4. The summed E-state index contributed by atoms with van der Waals surface area (Å²) in [5, 5.41) is 11.1. The SMILES string of the molecule is CNc1cc(O[B]O)ccn1. The van der Waals surface area contributed by atoms with Crippen LogP contribution in [0.4, 0.5) is 5.82 Å². The van der Waals surface area contributed by atoms with Crippen LogP contribution in [0.2, 0.25) is 0 Å². The zero-order chi connectivity index (χ0) is 8.10. The molecule has 0 aliphatic carbocycles. The minimum Gasteiger partial charge on any atom is -0.537 e. The fraction of sp³-hybridized carbons (Fsp3) is 0.167. The molecule has 0 bridgehead atoms. The quantitative estimate of drug-likeness (QED) is 0.598. The zero-order valence-corrected chi connectivity index (χ0v) is 6.11. The van der Waals surface area contributed by atoms with Crippen molar-refractivity contribution in [3.63, 3.8) is 0 Å². The van der Waals surface area contributed by atoms with Gasteiger partial charge in [-0.05, 0) is 6.07 Å². The normalized spacial score (nSPS) is 8.91. The third-order valence-corrected chi connectivity index (χ3v) is 1.18. The molecule has 1 heterocycles. The highest BCUT2D eigenvalue weighted by Gasteiger charge is 1.95. The van der Waals surface area contributed by atoms with E-state index in [-0.39, 0.29) is 0 Å². The largest absolute Gasteiger partial charge is 0.569 e. The molecule has 1 rings (SSSR count). The summed E-state index contributed by atoms with van der Waals surface area (Å²) >= 11 is 0. The molecule has 0 saturated heterocycles. The molecule has 4 nitrogen and oxygen atoms in total. The smallest absolute Gasteiger partial charge is 0.537 e. The van der Waals surface area contributed by atoms with Crippen molar-refractivity contribution in [2.24, 2.45) is 0 Å². The molecule has 1 aromatic rings. The molecule has 5 heteroatoms. The molecular weight excluding hydrogens is 143 g/mol. The first-order valence-corrected chi connectivity index (χ1v) is 3.13. The summed E-state index contributed by atoms with van der Waals surface area (Å²) in [6.45, 7) is 0. The Morgan fingerprint density at radius 2 is 2.55 bits per heavy atom. The molecule has 0 fully saturated rings. The van der Waals surface area contributed by atoms with E-state index in [0.29, 0.717) is 19.3 Å². The number of hydrogen-bond donors (Lipinski definition) is 2. The molecule has 0 aliphatic heterocycles. The predicted octanol–water partition coefficient (Wildman–Crippen LogP) is 0.0286. The van der Waals surface area contributed by atoms with Crippen LogP contribution in [0.5, 0.6) is 5.75 Å². The Hall–Kier alpha value is -1.23. The zero-order valence-electron chi connectivity index (χ0n) is 6.11. The molecule has 2 N–H and O–H groups in total. The molecule has 1 radical (unpaired) electrons. The number of nitrogens with zero attached hydrogens (tertiary/aromatic N) is 1. The van der Waals surface area contributed by atoms with E-state index < -0.39 is 0 Å². The van der Waals surface area contributed by atoms with Gasteiger partial charge in [0.2, 0.25) is 0 Å². The maximum absolute atomic E-state index is 8.30. The number of nitrogens with one attached hydrogen (secondary N) is 1. The standard InChI is InChI=1S/C6H8BN2O2/c1-8-6-4-5(11-7-10)2-3-9-6/h2-4,10H,1H3,(H,8,9). The Labute approximate surface area is 65.5 Å². The summed E-state index contributed by atoms with van der Waals surface area (Å²) in [4.78, 5) is 3.95. The Kier molecular flexibility index (Phi) is 2.74. The second kappa shape index (κ2) is 3.83. The molecule has 0 atom stereocenters. The van der Waals surface area contributed by atoms with Gasteiger partial charge in [-0.2, -0.15) is 0 Å². The lowest BCUT2D eigenvalue weighted by atomic mass is 10.3. The van der Waals surface area contributed by atoms with Crippen molar-refractivity contribution in [3.05, 3.63) is 18.3 Å². The van der Waals surface area contributed by atoms with Gasteiger partial charge in [0, 0.05) is 19.3 Å². The fourth-order valence-electron chi connectivity index (χ4n) is 0.682. The highest BCUT2D eigenvalue weighted by Crippen LogP contribution is 2.12. The Morgan fingerprint density at radius 1 is 1.73 bits per heavy atom. The van der Waals surface area contributed by atoms with Crippen LogP contribution >= 0.6 is 0 Å². The van der Waals surface area contributed by atoms with Crippen LogP contribution in [0.3, 0.4) is 0 Å². The lowest BCUT2D eigenvalue weighted by molar-refractivity contribution is 0.453. The molecular formula is C6H8BN2O2. The van der Waals surface area contributed by atoms with E-state index in [9.17, 15) is 0 Å². The summed E-state index contributed by atoms with van der Waals surface area (Å²) in [5.74, 6) is 1.25. The molecule has 0 aromatic carbocycles. The van der Waals surface area contributed by atoms with E-state index in [0.717, 1.165) is 0 Å². The second-order valence-electron chi connectivity index (χ2n) is 1.85. The Bertz CT molecular complexity index is 232. The van der Waals surface area contributed by atoms with Crippen LogP contribution in [0.15, 0.2) is 18.3 Å². The fourth-order valence-corrected chi connectivity index (χ4v) is 0.682. The van der Waals surface area contributed by atoms with Crippen LogP contribution in [-0.2, 0) is 0 Å². The maximum atomic E-state index is 8.30. The topological polar surface area (TPSA) is 54.4 Å². The average Bonchev–Trinajstić information content (AvgIpc) is 2.06. The number of anilines is 1. The predicted molar refractivity (Wildman–Crippen MR) is 42.4 cm³/mol. The molecule has 1 aromatic heterocycles. The first-order valence-electron chi connectivity index (χ1n) is 3.13. The van der Waals surface area contributed by atoms with E-state index >= 15 is 0 Å². The van der Waals surface area contributed by atoms with Gasteiger partial charge in [0.25, 0.3) is 0 Å². The van der Waals surface area contributed by atoms with Gasteiger partial charge < -0.3 is 15.0 Å². The molecule has 0 saturated carbocycles. The molecule has 0 aliphatic rings. The first kappa shape index (κ1) is 7.88. The van der Waals surface area contributed by atoms with Gasteiger partial charge in [-0.3, -0.25) is 0 Å². The van der Waals surface area contributed by atoms with E-state index in [1.54, 1.807) is 25.4 Å². The van der Waals surface area contributed by atoms with Crippen LogP contribution in [0, 0.1) is 0 Å². The summed E-state index contributed by atoms with van der Waals surface area (Å²) in [5.41, 5.74) is 0. The van der Waals surface area contributed by atoms with Crippen LogP contribution in [-0.4, -0.2) is 24.7 Å². The molecule has 0 amide bonds. The van der Waals surface area contributed by atoms with Gasteiger partial charge in [-0.15, -0.1) is 0 Å². The molecule has 57 valence electrons. The lowest BCUT2D eigenvalue weighted by Gasteiger charge is -2.02. The third-order valence-electron chi connectivity index (χ3n) is 1.18. The lowest BCUT2D eigenvalue weighted by Crippen LogP contribution is -2.00. The summed E-state index contributed by atoms with van der Waals surface area (Å²) in [6, 6.07) is 3.32. The van der Waals surface area contributed by atoms with E-state index in [1.807, 2.05) is 0 Å². The Balaban J connectivity index is 2.74. The highest BCUT2D eigenvalue weighted by atomic mass is 16.5. The summed E-state index contributed by atoms with van der Waals surface area (Å²) < 4.78 is 4.70. The van der Waals surface area contributed by atoms with Crippen molar-refractivity contribution in [1.82, 2.24) is 4.98 Å². The summed E-state index contributed by atoms with van der Waals surface area (Å²) in [6.07, 6.45) is 1.59. The summed E-state index contributed by atoms with van der Waals surface area (Å²) in [7, 11) is 2.39. The second-order valence-corrected chi connectivity index (χ2v) is 1.85. The third kappa shape index (κ3) is 2.12. The van der Waals surface area contributed by atoms with Gasteiger partial charge in [-0.25, -0.2) is 4.98 Å². The maximum Gasteiger partial charge on any atom is 0.569 e. The van der Waals surface area contributed by atoms with Gasteiger partial charge >= 0.3 is 7.69 Å². The van der Waals surface area contributed by atoms with E-state index in [2.05, 4.69) is 10.3 Å².